The molecule has 14 rings (SSSR count). The predicted octanol–water partition coefficient (Wildman–Crippen LogP) is 17.6. The minimum absolute atomic E-state index is 0.0465. The van der Waals surface area contributed by atoms with Gasteiger partial charge in [-0.05, 0) is 120 Å². The number of ether oxygens (including phenoxy) is 1. The van der Waals surface area contributed by atoms with Gasteiger partial charge in [-0.2, -0.15) is 0 Å². The van der Waals surface area contributed by atoms with E-state index in [-0.39, 0.29) is 5.41 Å². The topological polar surface area (TPSA) is 12.5 Å². The number of benzene rings is 11. The van der Waals surface area contributed by atoms with Gasteiger partial charge in [0, 0.05) is 44.4 Å². The second-order valence-corrected chi connectivity index (χ2v) is 19.1. The first-order valence-electron chi connectivity index (χ1n) is 23.7. The zero-order chi connectivity index (χ0) is 45.1. The molecule has 2 heteroatoms. The van der Waals surface area contributed by atoms with Crippen molar-refractivity contribution in [3.8, 4) is 56.0 Å². The van der Waals surface area contributed by atoms with Gasteiger partial charge in [0.05, 0.1) is 5.41 Å². The molecular formula is C66H45NO. The second-order valence-electron chi connectivity index (χ2n) is 19.1. The van der Waals surface area contributed by atoms with Crippen molar-refractivity contribution in [1.29, 1.82) is 0 Å². The van der Waals surface area contributed by atoms with Crippen LogP contribution in [0, 0.1) is 0 Å². The van der Waals surface area contributed by atoms with Gasteiger partial charge in [-0.3, -0.25) is 0 Å². The Morgan fingerprint density at radius 3 is 1.50 bits per heavy atom. The molecular weight excluding hydrogens is 823 g/mol. The molecule has 2 nitrogen and oxygen atoms in total. The third kappa shape index (κ3) is 5.40. The molecule has 0 saturated heterocycles. The highest BCUT2D eigenvalue weighted by Gasteiger charge is 2.52. The van der Waals surface area contributed by atoms with Gasteiger partial charge in [0.1, 0.15) is 11.5 Å². The fourth-order valence-corrected chi connectivity index (χ4v) is 12.2. The molecule has 0 saturated carbocycles. The quantitative estimate of drug-likeness (QED) is 0.171. The van der Waals surface area contributed by atoms with Gasteiger partial charge in [-0.15, -0.1) is 0 Å². The van der Waals surface area contributed by atoms with Crippen molar-refractivity contribution >= 4 is 38.6 Å². The minimum Gasteiger partial charge on any atom is -0.455 e. The molecule has 0 N–H and O–H groups in total. The van der Waals surface area contributed by atoms with Crippen molar-refractivity contribution in [3.63, 3.8) is 0 Å². The van der Waals surface area contributed by atoms with Gasteiger partial charge in [-0.1, -0.05) is 208 Å². The van der Waals surface area contributed by atoms with Crippen LogP contribution < -0.4 is 9.64 Å². The van der Waals surface area contributed by atoms with Crippen LogP contribution in [0.5, 0.6) is 11.5 Å². The van der Waals surface area contributed by atoms with E-state index < -0.39 is 5.41 Å². The van der Waals surface area contributed by atoms with Crippen LogP contribution in [0.2, 0.25) is 0 Å². The highest BCUT2D eigenvalue weighted by Crippen LogP contribution is 2.65. The summed E-state index contributed by atoms with van der Waals surface area (Å²) in [6.07, 6.45) is 0. The molecule has 0 atom stereocenters. The summed E-state index contributed by atoms with van der Waals surface area (Å²) in [7, 11) is 0. The maximum absolute atomic E-state index is 7.20. The Balaban J connectivity index is 0.888. The van der Waals surface area contributed by atoms with Crippen LogP contribution in [0.3, 0.4) is 0 Å². The monoisotopic (exact) mass is 867 g/mol. The van der Waals surface area contributed by atoms with Crippen LogP contribution in [0.15, 0.2) is 237 Å². The van der Waals surface area contributed by atoms with Crippen molar-refractivity contribution in [2.45, 2.75) is 24.7 Å². The normalized spacial score (nSPS) is 14.1. The standard InChI is InChI=1S/C66H45NO/c1-65(2)56-24-12-10-21-53(56)54-38-31-46(41-61(54)65)42-27-34-48(35-28-42)67(47-17-4-3-5-18-47)49-36-29-45(30-37-49)50-23-14-26-58-62(50)55-22-11-13-25-57(55)66(58)59-39-32-43-15-6-8-19-51(43)63(59)68-64-52-20-9-7-16-44(52)33-40-60(64)66/h3-41H,1-2H3. The van der Waals surface area contributed by atoms with Crippen molar-refractivity contribution < 1.29 is 4.74 Å². The van der Waals surface area contributed by atoms with Crippen LogP contribution in [0.25, 0.3) is 66.1 Å². The first-order chi connectivity index (χ1) is 33.5. The molecule has 0 fully saturated rings. The van der Waals surface area contributed by atoms with Gasteiger partial charge >= 0.3 is 0 Å². The molecule has 11 aromatic carbocycles. The summed E-state index contributed by atoms with van der Waals surface area (Å²) in [5.41, 5.74) is 20.4. The van der Waals surface area contributed by atoms with Crippen molar-refractivity contribution in [2.24, 2.45) is 0 Å². The SMILES string of the molecule is CC1(C)c2ccccc2-c2ccc(-c3ccc(N(c4ccccc4)c4ccc(-c5cccc6c5-c5ccccc5C65c6ccc7ccccc7c6Oc6c5ccc5ccccc65)cc4)cc3)cc21. The smallest absolute Gasteiger partial charge is 0.140 e. The molecule has 68 heavy (non-hydrogen) atoms. The lowest BCUT2D eigenvalue weighted by Gasteiger charge is -2.40. The lowest BCUT2D eigenvalue weighted by atomic mass is 9.65. The Kier molecular flexibility index (Phi) is 8.28. The van der Waals surface area contributed by atoms with Gasteiger partial charge in [0.2, 0.25) is 0 Å². The van der Waals surface area contributed by atoms with E-state index in [9.17, 15) is 0 Å². The molecule has 320 valence electrons. The van der Waals surface area contributed by atoms with Crippen molar-refractivity contribution in [2.75, 3.05) is 4.90 Å². The molecule has 0 amide bonds. The average Bonchev–Trinajstić information content (AvgIpc) is 3.82. The predicted molar refractivity (Wildman–Crippen MR) is 282 cm³/mol. The highest BCUT2D eigenvalue weighted by atomic mass is 16.5. The number of fused-ring (bicyclic) bond motifs is 16. The van der Waals surface area contributed by atoms with Gasteiger partial charge in [0.25, 0.3) is 0 Å². The summed E-state index contributed by atoms with van der Waals surface area (Å²) in [6, 6.07) is 87.2. The molecule has 11 aromatic rings. The molecule has 0 aromatic heterocycles. The Bertz CT molecular complexity index is 3760. The molecule has 0 unspecified atom stereocenters. The van der Waals surface area contributed by atoms with E-state index in [4.69, 9.17) is 4.74 Å². The van der Waals surface area contributed by atoms with E-state index in [0.29, 0.717) is 0 Å². The maximum atomic E-state index is 7.20. The Morgan fingerprint density at radius 2 is 0.824 bits per heavy atom. The lowest BCUT2D eigenvalue weighted by molar-refractivity contribution is 0.447. The minimum atomic E-state index is -0.601. The van der Waals surface area contributed by atoms with Crippen molar-refractivity contribution in [3.05, 3.63) is 270 Å². The Morgan fingerprint density at radius 1 is 0.324 bits per heavy atom. The first kappa shape index (κ1) is 38.8. The number of para-hydroxylation sites is 1. The van der Waals surface area contributed by atoms with E-state index in [1.807, 2.05) is 0 Å². The fourth-order valence-electron chi connectivity index (χ4n) is 12.2. The highest BCUT2D eigenvalue weighted by molar-refractivity contribution is 6.02. The fraction of sp³-hybridized carbons (Fsp3) is 0.0606. The van der Waals surface area contributed by atoms with Gasteiger partial charge in [0.15, 0.2) is 0 Å². The lowest BCUT2D eigenvalue weighted by Crippen LogP contribution is -2.32. The molecule has 3 aliphatic rings. The Hall–Kier alpha value is -8.46. The maximum Gasteiger partial charge on any atom is 0.140 e. The summed E-state index contributed by atoms with van der Waals surface area (Å²) in [6.45, 7) is 4.70. The number of nitrogens with zero attached hydrogens (tertiary/aromatic N) is 1. The molecule has 0 bridgehead atoms. The zero-order valence-corrected chi connectivity index (χ0v) is 37.9. The summed E-state index contributed by atoms with van der Waals surface area (Å²) < 4.78 is 7.20. The van der Waals surface area contributed by atoms with E-state index in [0.717, 1.165) is 39.3 Å². The van der Waals surface area contributed by atoms with E-state index in [1.165, 1.54) is 88.7 Å². The van der Waals surface area contributed by atoms with Crippen LogP contribution in [-0.2, 0) is 10.8 Å². The summed E-state index contributed by atoms with van der Waals surface area (Å²) in [5.74, 6) is 1.86. The third-order valence-corrected chi connectivity index (χ3v) is 15.3. The zero-order valence-electron chi connectivity index (χ0n) is 37.9. The first-order valence-corrected chi connectivity index (χ1v) is 23.7. The number of hydrogen-bond acceptors (Lipinski definition) is 2. The number of rotatable bonds is 5. The van der Waals surface area contributed by atoms with Crippen LogP contribution >= 0.6 is 0 Å². The molecule has 1 spiro atoms. The molecule has 1 heterocycles. The van der Waals surface area contributed by atoms with Crippen LogP contribution in [0.4, 0.5) is 17.1 Å². The van der Waals surface area contributed by atoms with E-state index in [2.05, 4.69) is 255 Å². The van der Waals surface area contributed by atoms with E-state index in [1.54, 1.807) is 0 Å². The van der Waals surface area contributed by atoms with Gasteiger partial charge < -0.3 is 9.64 Å². The Labute approximate surface area is 397 Å². The number of anilines is 3. The molecule has 1 aliphatic heterocycles. The summed E-state index contributed by atoms with van der Waals surface area (Å²) >= 11 is 0. The van der Waals surface area contributed by atoms with Crippen LogP contribution in [0.1, 0.15) is 47.2 Å². The number of hydrogen-bond donors (Lipinski definition) is 0. The van der Waals surface area contributed by atoms with Crippen LogP contribution in [-0.4, -0.2) is 0 Å². The van der Waals surface area contributed by atoms with Gasteiger partial charge in [-0.25, -0.2) is 0 Å². The summed E-state index contributed by atoms with van der Waals surface area (Å²) in [4.78, 5) is 2.36. The second kappa shape index (κ2) is 14.5. The average molecular weight is 868 g/mol. The third-order valence-electron chi connectivity index (χ3n) is 15.3. The molecule has 2 aliphatic carbocycles. The van der Waals surface area contributed by atoms with Crippen molar-refractivity contribution in [1.82, 2.24) is 0 Å². The largest absolute Gasteiger partial charge is 0.455 e. The van der Waals surface area contributed by atoms with E-state index >= 15 is 0 Å². The molecule has 0 radical (unpaired) electrons. The summed E-state index contributed by atoms with van der Waals surface area (Å²) in [5, 5.41) is 4.58.